The minimum absolute atomic E-state index is 0.0946. The van der Waals surface area contributed by atoms with Crippen LogP contribution in [-0.4, -0.2) is 39.1 Å². The highest BCUT2D eigenvalue weighted by atomic mass is 19.3. The van der Waals surface area contributed by atoms with Crippen LogP contribution in [0.3, 0.4) is 0 Å². The zero-order valence-corrected chi connectivity index (χ0v) is 15.5. The van der Waals surface area contributed by atoms with Gasteiger partial charge in [-0.15, -0.1) is 0 Å². The van der Waals surface area contributed by atoms with Gasteiger partial charge in [0.1, 0.15) is 5.75 Å². The Morgan fingerprint density at radius 2 is 1.79 bits per heavy atom. The number of oxime groups is 1. The van der Waals surface area contributed by atoms with Crippen molar-refractivity contribution in [3.05, 3.63) is 48.0 Å². The van der Waals surface area contributed by atoms with Crippen LogP contribution in [0.25, 0.3) is 0 Å². The van der Waals surface area contributed by atoms with E-state index in [9.17, 15) is 13.6 Å². The Bertz CT molecular complexity index is 812. The fourth-order valence-corrected chi connectivity index (χ4v) is 2.11. The Hall–Kier alpha value is -3.36. The van der Waals surface area contributed by atoms with Crippen LogP contribution in [0, 0.1) is 0 Å². The molecule has 1 atom stereocenters. The van der Waals surface area contributed by atoms with Crippen LogP contribution >= 0.6 is 0 Å². The molecule has 0 bridgehead atoms. The molecule has 7 nitrogen and oxygen atoms in total. The van der Waals surface area contributed by atoms with Gasteiger partial charge in [-0.25, -0.2) is 0 Å². The van der Waals surface area contributed by atoms with Gasteiger partial charge in [0.15, 0.2) is 11.5 Å². The zero-order valence-electron chi connectivity index (χ0n) is 15.5. The molecule has 0 fully saturated rings. The summed E-state index contributed by atoms with van der Waals surface area (Å²) < 4.78 is 39.1. The van der Waals surface area contributed by atoms with Crippen molar-refractivity contribution in [3.63, 3.8) is 0 Å². The highest BCUT2D eigenvalue weighted by molar-refractivity contribution is 5.94. The Morgan fingerprint density at radius 1 is 1.07 bits per heavy atom. The van der Waals surface area contributed by atoms with E-state index in [2.05, 4.69) is 15.2 Å². The quantitative estimate of drug-likeness (QED) is 0.519. The van der Waals surface area contributed by atoms with Crippen molar-refractivity contribution in [2.45, 2.75) is 19.6 Å². The average Bonchev–Trinajstić information content (AvgIpc) is 2.69. The second kappa shape index (κ2) is 10.1. The first kappa shape index (κ1) is 20.9. The molecule has 9 heteroatoms. The van der Waals surface area contributed by atoms with Crippen LogP contribution in [0.1, 0.15) is 12.5 Å². The highest BCUT2D eigenvalue weighted by Crippen LogP contribution is 2.29. The van der Waals surface area contributed by atoms with Gasteiger partial charge in [-0.1, -0.05) is 5.16 Å². The molecule has 0 saturated carbocycles. The number of benzene rings is 2. The van der Waals surface area contributed by atoms with E-state index in [-0.39, 0.29) is 17.4 Å². The monoisotopic (exact) mass is 394 g/mol. The Labute approximate surface area is 160 Å². The Morgan fingerprint density at radius 3 is 2.39 bits per heavy atom. The summed E-state index contributed by atoms with van der Waals surface area (Å²) in [6.07, 6.45) is 0.466. The summed E-state index contributed by atoms with van der Waals surface area (Å²) in [4.78, 5) is 17.2. The van der Waals surface area contributed by atoms with E-state index >= 15 is 0 Å². The smallest absolute Gasteiger partial charge is 0.387 e. The number of rotatable bonds is 9. The van der Waals surface area contributed by atoms with Crippen LogP contribution in [-0.2, 0) is 9.63 Å². The minimum Gasteiger partial charge on any atom is -0.497 e. The number of carbonyl (C=O) groups is 1. The summed E-state index contributed by atoms with van der Waals surface area (Å²) in [6, 6.07) is 11.1. The van der Waals surface area contributed by atoms with E-state index in [0.717, 1.165) is 0 Å². The van der Waals surface area contributed by atoms with E-state index in [4.69, 9.17) is 14.3 Å². The molecule has 0 aliphatic rings. The third kappa shape index (κ3) is 6.11. The number of hydrogen-bond acceptors (Lipinski definition) is 6. The summed E-state index contributed by atoms with van der Waals surface area (Å²) >= 11 is 0. The number of alkyl halides is 2. The molecule has 0 spiro atoms. The summed E-state index contributed by atoms with van der Waals surface area (Å²) in [6.45, 7) is -1.42. The number of halogens is 2. The fraction of sp³-hybridized carbons (Fsp3) is 0.263. The highest BCUT2D eigenvalue weighted by Gasteiger charge is 2.14. The molecule has 0 heterocycles. The summed E-state index contributed by atoms with van der Waals surface area (Å²) in [5.74, 6) is 0.310. The molecule has 2 aromatic carbocycles. The summed E-state index contributed by atoms with van der Waals surface area (Å²) in [5.41, 5.74) is 1.10. The number of hydrogen-bond donors (Lipinski definition) is 1. The predicted octanol–water partition coefficient (Wildman–Crippen LogP) is 3.68. The fourth-order valence-electron chi connectivity index (χ4n) is 2.11. The van der Waals surface area contributed by atoms with Gasteiger partial charge in [0, 0.05) is 11.3 Å². The Kier molecular flexibility index (Phi) is 7.55. The molecule has 1 unspecified atom stereocenters. The SMILES string of the molecule is COc1ccc(NC(=O)C(C)O/N=C/c2ccc(OC(F)F)c(OC)c2)cc1. The Balaban J connectivity index is 1.92. The molecule has 1 amide bonds. The van der Waals surface area contributed by atoms with E-state index in [1.165, 1.54) is 38.4 Å². The van der Waals surface area contributed by atoms with Gasteiger partial charge in [0.2, 0.25) is 6.10 Å². The van der Waals surface area contributed by atoms with Gasteiger partial charge in [-0.3, -0.25) is 4.79 Å². The molecule has 0 aromatic heterocycles. The first-order chi connectivity index (χ1) is 13.4. The van der Waals surface area contributed by atoms with Gasteiger partial charge < -0.3 is 24.4 Å². The second-order valence-corrected chi connectivity index (χ2v) is 5.49. The lowest BCUT2D eigenvalue weighted by Gasteiger charge is -2.11. The van der Waals surface area contributed by atoms with Crippen molar-refractivity contribution in [2.75, 3.05) is 19.5 Å². The van der Waals surface area contributed by atoms with Crippen molar-refractivity contribution in [3.8, 4) is 17.2 Å². The molecule has 2 rings (SSSR count). The molecule has 0 saturated heterocycles. The van der Waals surface area contributed by atoms with Crippen molar-refractivity contribution in [1.82, 2.24) is 0 Å². The maximum Gasteiger partial charge on any atom is 0.387 e. The van der Waals surface area contributed by atoms with Crippen molar-refractivity contribution >= 4 is 17.8 Å². The molecule has 0 aliphatic heterocycles. The molecular formula is C19H20F2N2O5. The van der Waals surface area contributed by atoms with E-state index in [1.54, 1.807) is 31.4 Å². The summed E-state index contributed by atoms with van der Waals surface area (Å²) in [7, 11) is 2.88. The number of anilines is 1. The van der Waals surface area contributed by atoms with Gasteiger partial charge in [-0.2, -0.15) is 8.78 Å². The third-order valence-electron chi connectivity index (χ3n) is 3.55. The van der Waals surface area contributed by atoms with E-state index < -0.39 is 12.7 Å². The lowest BCUT2D eigenvalue weighted by atomic mass is 10.2. The number of ether oxygens (including phenoxy) is 3. The van der Waals surface area contributed by atoms with Gasteiger partial charge >= 0.3 is 6.61 Å². The number of nitrogens with one attached hydrogen (secondary N) is 1. The van der Waals surface area contributed by atoms with Crippen molar-refractivity contribution in [1.29, 1.82) is 0 Å². The molecular weight excluding hydrogens is 374 g/mol. The van der Waals surface area contributed by atoms with Gasteiger partial charge in [0.05, 0.1) is 20.4 Å². The molecule has 2 aromatic rings. The predicted molar refractivity (Wildman–Crippen MR) is 99.4 cm³/mol. The third-order valence-corrected chi connectivity index (χ3v) is 3.55. The number of amides is 1. The molecule has 150 valence electrons. The molecule has 0 radical (unpaired) electrons. The van der Waals surface area contributed by atoms with Crippen LogP contribution in [0.5, 0.6) is 17.2 Å². The lowest BCUT2D eigenvalue weighted by molar-refractivity contribution is -0.126. The molecule has 0 aliphatic carbocycles. The number of methoxy groups -OCH3 is 2. The van der Waals surface area contributed by atoms with Crippen molar-refractivity contribution < 1.29 is 32.6 Å². The first-order valence-corrected chi connectivity index (χ1v) is 8.20. The zero-order chi connectivity index (χ0) is 20.5. The van der Waals surface area contributed by atoms with Crippen LogP contribution in [0.4, 0.5) is 14.5 Å². The average molecular weight is 394 g/mol. The summed E-state index contributed by atoms with van der Waals surface area (Å²) in [5, 5.41) is 6.43. The van der Waals surface area contributed by atoms with Crippen molar-refractivity contribution in [2.24, 2.45) is 5.16 Å². The van der Waals surface area contributed by atoms with E-state index in [0.29, 0.717) is 17.0 Å². The maximum absolute atomic E-state index is 12.3. The largest absolute Gasteiger partial charge is 0.497 e. The van der Waals surface area contributed by atoms with Crippen LogP contribution in [0.15, 0.2) is 47.6 Å². The lowest BCUT2D eigenvalue weighted by Crippen LogP contribution is -2.26. The number of nitrogens with zero attached hydrogens (tertiary/aromatic N) is 1. The standard InChI is InChI=1S/C19H20F2N2O5/c1-12(18(24)23-14-5-7-15(25-2)8-6-14)28-22-11-13-4-9-16(27-19(20)21)17(10-13)26-3/h4-12,19H,1-3H3,(H,23,24)/b22-11+. The normalized spacial score (nSPS) is 11.9. The van der Waals surface area contributed by atoms with E-state index in [1.807, 2.05) is 0 Å². The molecule has 28 heavy (non-hydrogen) atoms. The number of carbonyl (C=O) groups excluding carboxylic acids is 1. The van der Waals surface area contributed by atoms with Crippen LogP contribution < -0.4 is 19.5 Å². The molecule has 1 N–H and O–H groups in total. The minimum atomic E-state index is -2.96. The second-order valence-electron chi connectivity index (χ2n) is 5.49. The van der Waals surface area contributed by atoms with Crippen LogP contribution in [0.2, 0.25) is 0 Å². The topological polar surface area (TPSA) is 78.4 Å². The van der Waals surface area contributed by atoms with Gasteiger partial charge in [-0.05, 0) is 49.4 Å². The first-order valence-electron chi connectivity index (χ1n) is 8.20. The van der Waals surface area contributed by atoms with Gasteiger partial charge in [0.25, 0.3) is 5.91 Å². The maximum atomic E-state index is 12.3.